The molecule has 0 saturated carbocycles. The molecule has 1 saturated heterocycles. The van der Waals surface area contributed by atoms with Gasteiger partial charge in [-0.15, -0.1) is 0 Å². The predicted octanol–water partition coefficient (Wildman–Crippen LogP) is 0.973. The first-order valence-electron chi connectivity index (χ1n) is 13.6. The lowest BCUT2D eigenvalue weighted by atomic mass is 9.87. The molecule has 13 nitrogen and oxygen atoms in total. The Morgan fingerprint density at radius 1 is 1.20 bits per heavy atom. The summed E-state index contributed by atoms with van der Waals surface area (Å²) in [5, 5.41) is 28.3. The van der Waals surface area contributed by atoms with Crippen molar-refractivity contribution < 1.29 is 19.7 Å². The molecule has 3 heterocycles. The SMILES string of the molecule is CC(C)(C)c1ccc(NC(=O)NCCN(CCCCN)CC2OCC(O)(n3cnc4c(N)ncnc43)C2O)cc1. The lowest BCUT2D eigenvalue weighted by molar-refractivity contribution is -0.109. The summed E-state index contributed by atoms with van der Waals surface area (Å²) in [6, 6.07) is 7.51. The Bertz CT molecular complexity index is 1280. The Kier molecular flexibility index (Phi) is 9.21. The Morgan fingerprint density at radius 2 is 1.95 bits per heavy atom. The van der Waals surface area contributed by atoms with Gasteiger partial charge in [-0.2, -0.15) is 0 Å². The molecule has 1 aliphatic heterocycles. The van der Waals surface area contributed by atoms with Gasteiger partial charge in [0.15, 0.2) is 17.2 Å². The normalized spacial score (nSPS) is 21.3. The maximum atomic E-state index is 12.5. The van der Waals surface area contributed by atoms with Gasteiger partial charge in [-0.3, -0.25) is 9.47 Å². The zero-order valence-corrected chi connectivity index (χ0v) is 23.4. The third-order valence-corrected chi connectivity index (χ3v) is 7.20. The number of aliphatic hydroxyl groups excluding tert-OH is 1. The molecule has 2 amide bonds. The highest BCUT2D eigenvalue weighted by atomic mass is 16.5. The van der Waals surface area contributed by atoms with Crippen molar-refractivity contribution in [3.63, 3.8) is 0 Å². The highest BCUT2D eigenvalue weighted by Crippen LogP contribution is 2.33. The number of carbonyl (C=O) groups is 1. The van der Waals surface area contributed by atoms with E-state index in [2.05, 4.69) is 51.3 Å². The van der Waals surface area contributed by atoms with Gasteiger partial charge in [0, 0.05) is 25.3 Å². The van der Waals surface area contributed by atoms with E-state index in [9.17, 15) is 15.0 Å². The van der Waals surface area contributed by atoms with E-state index in [1.165, 1.54) is 22.8 Å². The highest BCUT2D eigenvalue weighted by molar-refractivity contribution is 5.89. The van der Waals surface area contributed by atoms with Crippen LogP contribution in [0, 0.1) is 0 Å². The summed E-state index contributed by atoms with van der Waals surface area (Å²) < 4.78 is 7.25. The number of hydrogen-bond acceptors (Lipinski definition) is 10. The molecule has 4 rings (SSSR count). The maximum absolute atomic E-state index is 12.5. The van der Waals surface area contributed by atoms with Crippen molar-refractivity contribution in [1.82, 2.24) is 29.7 Å². The third-order valence-electron chi connectivity index (χ3n) is 7.20. The number of nitrogens with two attached hydrogens (primary N) is 2. The molecule has 8 N–H and O–H groups in total. The van der Waals surface area contributed by atoms with Crippen LogP contribution in [0.4, 0.5) is 16.3 Å². The number of nitrogens with zero attached hydrogens (tertiary/aromatic N) is 5. The second-order valence-electron chi connectivity index (χ2n) is 11.2. The first kappa shape index (κ1) is 29.6. The largest absolute Gasteiger partial charge is 0.385 e. The molecule has 13 heteroatoms. The maximum Gasteiger partial charge on any atom is 0.319 e. The standard InChI is InChI=1S/C27H41N9O4/c1-26(2,3)18-6-8-19(9-7-18)34-25(38)30-11-13-35(12-5-4-10-28)14-20-22(37)27(39,15-40-20)36-17-33-21-23(29)31-16-32-24(21)36/h6-9,16-17,20,22,37,39H,4-5,10-15,28H2,1-3H3,(H2,29,31,32)(H2,30,34,38). The van der Waals surface area contributed by atoms with Gasteiger partial charge in [0.05, 0.1) is 12.9 Å². The lowest BCUT2D eigenvalue weighted by Crippen LogP contribution is -2.49. The molecule has 218 valence electrons. The van der Waals surface area contributed by atoms with E-state index < -0.39 is 17.9 Å². The number of imidazole rings is 1. The molecule has 0 spiro atoms. The van der Waals surface area contributed by atoms with E-state index in [1.54, 1.807) is 0 Å². The molecule has 1 aromatic carbocycles. The van der Waals surface area contributed by atoms with E-state index in [1.807, 2.05) is 24.3 Å². The number of fused-ring (bicyclic) bond motifs is 1. The highest BCUT2D eigenvalue weighted by Gasteiger charge is 2.50. The van der Waals surface area contributed by atoms with Crippen molar-refractivity contribution in [2.24, 2.45) is 5.73 Å². The summed E-state index contributed by atoms with van der Waals surface area (Å²) in [6.45, 7) is 8.77. The second-order valence-corrected chi connectivity index (χ2v) is 11.2. The Labute approximate surface area is 233 Å². The monoisotopic (exact) mass is 555 g/mol. The molecule has 0 radical (unpaired) electrons. The molecule has 0 bridgehead atoms. The van der Waals surface area contributed by atoms with E-state index in [0.717, 1.165) is 12.8 Å². The zero-order chi connectivity index (χ0) is 28.9. The van der Waals surface area contributed by atoms with Crippen LogP contribution in [0.2, 0.25) is 0 Å². The minimum Gasteiger partial charge on any atom is -0.385 e. The van der Waals surface area contributed by atoms with Crippen molar-refractivity contribution >= 4 is 28.7 Å². The van der Waals surface area contributed by atoms with E-state index >= 15 is 0 Å². The molecule has 2 aromatic heterocycles. The summed E-state index contributed by atoms with van der Waals surface area (Å²) in [4.78, 5) is 26.9. The molecule has 1 fully saturated rings. The number of aliphatic hydroxyl groups is 2. The van der Waals surface area contributed by atoms with Crippen molar-refractivity contribution in [3.05, 3.63) is 42.5 Å². The Morgan fingerprint density at radius 3 is 2.65 bits per heavy atom. The zero-order valence-electron chi connectivity index (χ0n) is 23.4. The van der Waals surface area contributed by atoms with Crippen LogP contribution in [0.25, 0.3) is 11.2 Å². The first-order valence-corrected chi connectivity index (χ1v) is 13.6. The van der Waals surface area contributed by atoms with Crippen LogP contribution in [-0.4, -0.2) is 92.2 Å². The van der Waals surface area contributed by atoms with Crippen LogP contribution in [0.15, 0.2) is 36.9 Å². The summed E-state index contributed by atoms with van der Waals surface area (Å²) in [7, 11) is 0. The van der Waals surface area contributed by atoms with E-state index in [0.29, 0.717) is 49.6 Å². The van der Waals surface area contributed by atoms with Crippen LogP contribution < -0.4 is 22.1 Å². The second kappa shape index (κ2) is 12.4. The van der Waals surface area contributed by atoms with Crippen LogP contribution in [-0.2, 0) is 15.9 Å². The Hall–Kier alpha value is -3.36. The smallest absolute Gasteiger partial charge is 0.319 e. The quantitative estimate of drug-likeness (QED) is 0.186. The number of benzene rings is 1. The lowest BCUT2D eigenvalue weighted by Gasteiger charge is -2.30. The van der Waals surface area contributed by atoms with Crippen molar-refractivity contribution in [2.45, 2.75) is 57.0 Å². The molecule has 40 heavy (non-hydrogen) atoms. The molecule has 3 atom stereocenters. The van der Waals surface area contributed by atoms with Gasteiger partial charge in [0.2, 0.25) is 0 Å². The minimum atomic E-state index is -1.77. The molecular formula is C27H41N9O4. The summed E-state index contributed by atoms with van der Waals surface area (Å²) >= 11 is 0. The number of ether oxygens (including phenoxy) is 1. The van der Waals surface area contributed by atoms with Crippen molar-refractivity contribution in [2.75, 3.05) is 50.4 Å². The van der Waals surface area contributed by atoms with Gasteiger partial charge in [-0.05, 0) is 49.0 Å². The number of aromatic nitrogens is 4. The van der Waals surface area contributed by atoms with Gasteiger partial charge in [-0.1, -0.05) is 32.9 Å². The topological polar surface area (TPSA) is 190 Å². The van der Waals surface area contributed by atoms with Gasteiger partial charge >= 0.3 is 6.03 Å². The molecule has 1 aliphatic rings. The number of carbonyl (C=O) groups excluding carboxylic acids is 1. The summed E-state index contributed by atoms with van der Waals surface area (Å²) in [5.41, 5.74) is 12.4. The Balaban J connectivity index is 1.34. The summed E-state index contributed by atoms with van der Waals surface area (Å²) in [5.74, 6) is 0.182. The summed E-state index contributed by atoms with van der Waals surface area (Å²) in [6.07, 6.45) is 2.40. The third kappa shape index (κ3) is 6.67. The van der Waals surface area contributed by atoms with Gasteiger partial charge in [0.25, 0.3) is 0 Å². The molecule has 3 aromatic rings. The van der Waals surface area contributed by atoms with Crippen LogP contribution in [0.5, 0.6) is 0 Å². The number of hydrogen-bond donors (Lipinski definition) is 6. The van der Waals surface area contributed by atoms with E-state index in [-0.39, 0.29) is 23.9 Å². The number of nitrogen functional groups attached to an aromatic ring is 1. The van der Waals surface area contributed by atoms with Crippen molar-refractivity contribution in [3.8, 4) is 0 Å². The predicted molar refractivity (Wildman–Crippen MR) is 153 cm³/mol. The van der Waals surface area contributed by atoms with Gasteiger partial charge in [-0.25, -0.2) is 19.7 Å². The van der Waals surface area contributed by atoms with Gasteiger partial charge < -0.3 is 37.1 Å². The van der Waals surface area contributed by atoms with Crippen LogP contribution >= 0.6 is 0 Å². The first-order chi connectivity index (χ1) is 19.0. The average Bonchev–Trinajstić information content (AvgIpc) is 3.47. The molecule has 0 aliphatic carbocycles. The number of amides is 2. The average molecular weight is 556 g/mol. The fraction of sp³-hybridized carbons (Fsp3) is 0.556. The number of urea groups is 1. The van der Waals surface area contributed by atoms with Crippen LogP contribution in [0.1, 0.15) is 39.2 Å². The number of rotatable bonds is 11. The number of anilines is 2. The number of unbranched alkanes of at least 4 members (excludes halogenated alkanes) is 1. The van der Waals surface area contributed by atoms with Gasteiger partial charge in [0.1, 0.15) is 24.1 Å². The van der Waals surface area contributed by atoms with Crippen LogP contribution in [0.3, 0.4) is 0 Å². The van der Waals surface area contributed by atoms with E-state index in [4.69, 9.17) is 16.2 Å². The molecular weight excluding hydrogens is 514 g/mol. The fourth-order valence-electron chi connectivity index (χ4n) is 4.79. The molecule has 3 unspecified atom stereocenters. The van der Waals surface area contributed by atoms with Crippen molar-refractivity contribution in [1.29, 1.82) is 0 Å². The number of nitrogens with one attached hydrogen (secondary N) is 2. The minimum absolute atomic E-state index is 0.0371. The fourth-order valence-corrected chi connectivity index (χ4v) is 4.79.